The molecule has 1 aliphatic rings. The van der Waals surface area contributed by atoms with Crippen molar-refractivity contribution in [3.8, 4) is 0 Å². The van der Waals surface area contributed by atoms with Crippen LogP contribution in [0.4, 0.5) is 0 Å². The van der Waals surface area contributed by atoms with Gasteiger partial charge in [-0.3, -0.25) is 4.79 Å². The van der Waals surface area contributed by atoms with Crippen LogP contribution in [0.3, 0.4) is 0 Å². The van der Waals surface area contributed by atoms with Crippen LogP contribution in [0.25, 0.3) is 0 Å². The van der Waals surface area contributed by atoms with Gasteiger partial charge >= 0.3 is 0 Å². The van der Waals surface area contributed by atoms with Gasteiger partial charge in [0, 0.05) is 26.6 Å². The molecule has 1 aliphatic heterocycles. The van der Waals surface area contributed by atoms with Crippen molar-refractivity contribution in [3.05, 3.63) is 15.6 Å². The number of aromatic nitrogens is 1. The molecular formula is C9H13N3OS. The van der Waals surface area contributed by atoms with E-state index < -0.39 is 0 Å². The Morgan fingerprint density at radius 2 is 2.43 bits per heavy atom. The van der Waals surface area contributed by atoms with Gasteiger partial charge in [0.05, 0.1) is 5.69 Å². The molecule has 0 saturated heterocycles. The van der Waals surface area contributed by atoms with Crippen LogP contribution < -0.4 is 5.32 Å². The lowest BCUT2D eigenvalue weighted by Gasteiger charge is -2.20. The Balaban J connectivity index is 2.31. The Hall–Kier alpha value is -0.940. The van der Waals surface area contributed by atoms with Crippen LogP contribution in [0, 0.1) is 0 Å². The first-order valence-electron chi connectivity index (χ1n) is 4.61. The SMILES string of the molecule is CNCc1nc2c(s1)C(=O)N(C)CC2. The van der Waals surface area contributed by atoms with E-state index in [1.54, 1.807) is 4.90 Å². The van der Waals surface area contributed by atoms with Gasteiger partial charge in [-0.2, -0.15) is 0 Å². The second kappa shape index (κ2) is 3.67. The number of thiazole rings is 1. The molecule has 76 valence electrons. The molecule has 5 heteroatoms. The zero-order valence-corrected chi connectivity index (χ0v) is 9.15. The van der Waals surface area contributed by atoms with Gasteiger partial charge in [0.15, 0.2) is 0 Å². The minimum Gasteiger partial charge on any atom is -0.341 e. The number of hydrogen-bond acceptors (Lipinski definition) is 4. The van der Waals surface area contributed by atoms with E-state index in [1.807, 2.05) is 14.1 Å². The quantitative estimate of drug-likeness (QED) is 0.774. The summed E-state index contributed by atoms with van der Waals surface area (Å²) < 4.78 is 0. The summed E-state index contributed by atoms with van der Waals surface area (Å²) in [5.41, 5.74) is 0.975. The van der Waals surface area contributed by atoms with Crippen molar-refractivity contribution in [2.45, 2.75) is 13.0 Å². The highest BCUT2D eigenvalue weighted by atomic mass is 32.1. The third-order valence-corrected chi connectivity index (χ3v) is 3.38. The molecule has 0 aromatic carbocycles. The van der Waals surface area contributed by atoms with Crippen molar-refractivity contribution < 1.29 is 4.79 Å². The number of nitrogens with one attached hydrogen (secondary N) is 1. The predicted molar refractivity (Wildman–Crippen MR) is 55.5 cm³/mol. The smallest absolute Gasteiger partial charge is 0.265 e. The lowest BCUT2D eigenvalue weighted by atomic mass is 10.2. The molecule has 0 unspecified atom stereocenters. The molecule has 0 fully saturated rings. The van der Waals surface area contributed by atoms with Crippen LogP contribution in [0.15, 0.2) is 0 Å². The second-order valence-electron chi connectivity index (χ2n) is 3.39. The van der Waals surface area contributed by atoms with Gasteiger partial charge in [0.1, 0.15) is 9.88 Å². The number of carbonyl (C=O) groups is 1. The Labute approximate surface area is 86.9 Å². The van der Waals surface area contributed by atoms with Crippen LogP contribution in [0.5, 0.6) is 0 Å². The van der Waals surface area contributed by atoms with Crippen molar-refractivity contribution in [2.75, 3.05) is 20.6 Å². The first-order chi connectivity index (χ1) is 6.72. The summed E-state index contributed by atoms with van der Waals surface area (Å²) >= 11 is 1.51. The fourth-order valence-electron chi connectivity index (χ4n) is 1.51. The number of rotatable bonds is 2. The van der Waals surface area contributed by atoms with Gasteiger partial charge in [-0.1, -0.05) is 0 Å². The van der Waals surface area contributed by atoms with Gasteiger partial charge < -0.3 is 10.2 Å². The number of carbonyl (C=O) groups excluding carboxylic acids is 1. The van der Waals surface area contributed by atoms with Gasteiger partial charge in [-0.15, -0.1) is 11.3 Å². The van der Waals surface area contributed by atoms with Gasteiger partial charge in [0.2, 0.25) is 0 Å². The minimum atomic E-state index is 0.117. The van der Waals surface area contributed by atoms with Gasteiger partial charge in [0.25, 0.3) is 5.91 Å². The molecule has 0 aliphatic carbocycles. The van der Waals surface area contributed by atoms with Crippen molar-refractivity contribution in [1.82, 2.24) is 15.2 Å². The molecule has 1 aromatic heterocycles. The number of fused-ring (bicyclic) bond motifs is 1. The topological polar surface area (TPSA) is 45.2 Å². The van der Waals surface area contributed by atoms with Crippen molar-refractivity contribution >= 4 is 17.2 Å². The van der Waals surface area contributed by atoms with Gasteiger partial charge in [-0.05, 0) is 7.05 Å². The number of likely N-dealkylation sites (N-methyl/N-ethyl adjacent to an activating group) is 1. The summed E-state index contributed by atoms with van der Waals surface area (Å²) in [6, 6.07) is 0. The second-order valence-corrected chi connectivity index (χ2v) is 4.47. The zero-order valence-electron chi connectivity index (χ0n) is 8.33. The van der Waals surface area contributed by atoms with Crippen LogP contribution in [0.1, 0.15) is 20.4 Å². The summed E-state index contributed by atoms with van der Waals surface area (Å²) in [6.07, 6.45) is 0.887. The standard InChI is InChI=1S/C9H13N3OS/c1-10-5-7-11-6-3-4-12(2)9(13)8(6)14-7/h10H,3-5H2,1-2H3. The van der Waals surface area contributed by atoms with E-state index in [9.17, 15) is 4.79 Å². The highest BCUT2D eigenvalue weighted by molar-refractivity contribution is 7.13. The molecule has 14 heavy (non-hydrogen) atoms. The molecule has 1 N–H and O–H groups in total. The Bertz CT molecular complexity index is 361. The predicted octanol–water partition coefficient (Wildman–Crippen LogP) is 0.491. The molecule has 0 spiro atoms. The largest absolute Gasteiger partial charge is 0.341 e. The maximum atomic E-state index is 11.7. The third kappa shape index (κ3) is 1.53. The molecule has 2 rings (SSSR count). The average molecular weight is 211 g/mol. The summed E-state index contributed by atoms with van der Waals surface area (Å²) in [7, 11) is 3.72. The Morgan fingerprint density at radius 1 is 1.64 bits per heavy atom. The molecule has 2 heterocycles. The van der Waals surface area contributed by atoms with E-state index in [0.717, 1.165) is 35.1 Å². The van der Waals surface area contributed by atoms with E-state index in [0.29, 0.717) is 0 Å². The lowest BCUT2D eigenvalue weighted by molar-refractivity contribution is 0.0785. The fourth-order valence-corrected chi connectivity index (χ4v) is 2.63. The average Bonchev–Trinajstić information content (AvgIpc) is 2.56. The minimum absolute atomic E-state index is 0.117. The molecular weight excluding hydrogens is 198 g/mol. The van der Waals surface area contributed by atoms with Crippen molar-refractivity contribution in [2.24, 2.45) is 0 Å². The Kier molecular flexibility index (Phi) is 2.52. The highest BCUT2D eigenvalue weighted by Gasteiger charge is 2.25. The molecule has 0 saturated carbocycles. The monoisotopic (exact) mass is 211 g/mol. The fraction of sp³-hybridized carbons (Fsp3) is 0.556. The van der Waals surface area contributed by atoms with E-state index >= 15 is 0 Å². The molecule has 1 amide bonds. The van der Waals surface area contributed by atoms with E-state index in [-0.39, 0.29) is 5.91 Å². The molecule has 4 nitrogen and oxygen atoms in total. The zero-order chi connectivity index (χ0) is 10.1. The van der Waals surface area contributed by atoms with E-state index in [2.05, 4.69) is 10.3 Å². The van der Waals surface area contributed by atoms with E-state index in [1.165, 1.54) is 11.3 Å². The summed E-state index contributed by atoms with van der Waals surface area (Å²) in [6.45, 7) is 1.53. The first kappa shape index (κ1) is 9.61. The van der Waals surface area contributed by atoms with Crippen LogP contribution in [-0.4, -0.2) is 36.4 Å². The lowest BCUT2D eigenvalue weighted by Crippen LogP contribution is -2.33. The molecule has 1 aromatic rings. The Morgan fingerprint density at radius 3 is 3.14 bits per heavy atom. The third-order valence-electron chi connectivity index (χ3n) is 2.29. The summed E-state index contributed by atoms with van der Waals surface area (Å²) in [5.74, 6) is 0.117. The highest BCUT2D eigenvalue weighted by Crippen LogP contribution is 2.24. The van der Waals surface area contributed by atoms with Gasteiger partial charge in [-0.25, -0.2) is 4.98 Å². The molecule has 0 radical (unpaired) electrons. The first-order valence-corrected chi connectivity index (χ1v) is 5.42. The number of nitrogens with zero attached hydrogens (tertiary/aromatic N) is 2. The number of amides is 1. The van der Waals surface area contributed by atoms with Crippen molar-refractivity contribution in [3.63, 3.8) is 0 Å². The molecule has 0 bridgehead atoms. The van der Waals surface area contributed by atoms with E-state index in [4.69, 9.17) is 0 Å². The number of hydrogen-bond donors (Lipinski definition) is 1. The summed E-state index contributed by atoms with van der Waals surface area (Å²) in [4.78, 5) is 18.7. The maximum absolute atomic E-state index is 11.7. The van der Waals surface area contributed by atoms with Crippen LogP contribution >= 0.6 is 11.3 Å². The van der Waals surface area contributed by atoms with Crippen molar-refractivity contribution in [1.29, 1.82) is 0 Å². The summed E-state index contributed by atoms with van der Waals surface area (Å²) in [5, 5.41) is 4.04. The van der Waals surface area contributed by atoms with Crippen LogP contribution in [0.2, 0.25) is 0 Å². The van der Waals surface area contributed by atoms with Crippen LogP contribution in [-0.2, 0) is 13.0 Å². The molecule has 0 atom stereocenters. The maximum Gasteiger partial charge on any atom is 0.265 e. The normalized spacial score (nSPS) is 15.9.